The lowest BCUT2D eigenvalue weighted by Crippen LogP contribution is -2.12. The number of ketones is 1. The van der Waals surface area contributed by atoms with Crippen LogP contribution in [0.25, 0.3) is 6.08 Å². The van der Waals surface area contributed by atoms with Crippen molar-refractivity contribution < 1.29 is 38.0 Å². The first-order chi connectivity index (χ1) is 17.0. The monoisotopic (exact) mass is 476 g/mol. The number of carbonyl (C=O) groups is 2. The summed E-state index contributed by atoms with van der Waals surface area (Å²) < 4.78 is 32.8. The molecule has 8 heteroatoms. The zero-order chi connectivity index (χ0) is 24.9. The molecule has 0 fully saturated rings. The molecule has 0 aliphatic carbocycles. The van der Waals surface area contributed by atoms with Gasteiger partial charge in [0.25, 0.3) is 0 Å². The van der Waals surface area contributed by atoms with Gasteiger partial charge < -0.3 is 28.4 Å². The van der Waals surface area contributed by atoms with Crippen molar-refractivity contribution in [2.45, 2.75) is 6.92 Å². The largest absolute Gasteiger partial charge is 0.496 e. The second kappa shape index (κ2) is 10.2. The van der Waals surface area contributed by atoms with Crippen molar-refractivity contribution in [3.63, 3.8) is 0 Å². The molecule has 0 atom stereocenters. The highest BCUT2D eigenvalue weighted by Gasteiger charge is 2.28. The van der Waals surface area contributed by atoms with E-state index < -0.39 is 5.97 Å². The Hall–Kier alpha value is -4.46. The lowest BCUT2D eigenvalue weighted by Gasteiger charge is -2.14. The van der Waals surface area contributed by atoms with E-state index in [1.165, 1.54) is 21.3 Å². The molecular formula is C27H24O8. The van der Waals surface area contributed by atoms with Gasteiger partial charge in [0.05, 0.1) is 33.5 Å². The van der Waals surface area contributed by atoms with Crippen LogP contribution in [0.2, 0.25) is 0 Å². The van der Waals surface area contributed by atoms with Crippen LogP contribution >= 0.6 is 0 Å². The fraction of sp³-hybridized carbons (Fsp3) is 0.185. The molecule has 0 saturated carbocycles. The van der Waals surface area contributed by atoms with E-state index in [4.69, 9.17) is 28.4 Å². The third-order valence-corrected chi connectivity index (χ3v) is 5.27. The molecule has 0 amide bonds. The number of Topliss-reactive ketones (excluding diaryl/α,β-unsaturated/α-hetero) is 1. The maximum absolute atomic E-state index is 12.9. The summed E-state index contributed by atoms with van der Waals surface area (Å²) in [5, 5.41) is 0. The molecule has 0 aromatic heterocycles. The molecule has 0 saturated heterocycles. The lowest BCUT2D eigenvalue weighted by molar-refractivity contribution is 0.0722. The summed E-state index contributed by atoms with van der Waals surface area (Å²) in [5.41, 5.74) is 1.24. The molecule has 1 aliphatic heterocycles. The van der Waals surface area contributed by atoms with Gasteiger partial charge in [-0.15, -0.1) is 0 Å². The van der Waals surface area contributed by atoms with Gasteiger partial charge in [0.1, 0.15) is 28.6 Å². The van der Waals surface area contributed by atoms with E-state index in [0.717, 1.165) is 0 Å². The highest BCUT2D eigenvalue weighted by molar-refractivity contribution is 6.14. The third kappa shape index (κ3) is 4.77. The Bertz CT molecular complexity index is 1290. The minimum atomic E-state index is -0.668. The molecule has 0 spiro atoms. The van der Waals surface area contributed by atoms with Gasteiger partial charge in [-0.2, -0.15) is 0 Å². The molecule has 180 valence electrons. The van der Waals surface area contributed by atoms with Crippen LogP contribution in [0.3, 0.4) is 0 Å². The average Bonchev–Trinajstić information content (AvgIpc) is 3.18. The van der Waals surface area contributed by atoms with E-state index in [2.05, 4.69) is 0 Å². The van der Waals surface area contributed by atoms with Gasteiger partial charge in [-0.05, 0) is 55.0 Å². The van der Waals surface area contributed by atoms with Crippen molar-refractivity contribution in [1.82, 2.24) is 0 Å². The number of benzene rings is 3. The van der Waals surface area contributed by atoms with Gasteiger partial charge in [-0.1, -0.05) is 12.1 Å². The number of ether oxygens (including phenoxy) is 6. The predicted octanol–water partition coefficient (Wildman–Crippen LogP) is 4.95. The molecule has 8 nitrogen and oxygen atoms in total. The van der Waals surface area contributed by atoms with E-state index in [-0.39, 0.29) is 22.9 Å². The second-order valence-corrected chi connectivity index (χ2v) is 7.37. The van der Waals surface area contributed by atoms with Crippen LogP contribution in [0.4, 0.5) is 0 Å². The van der Waals surface area contributed by atoms with Crippen molar-refractivity contribution in [3.8, 4) is 34.5 Å². The average molecular weight is 476 g/mol. The summed E-state index contributed by atoms with van der Waals surface area (Å²) in [6.07, 6.45) is 1.60. The molecule has 1 heterocycles. The second-order valence-electron chi connectivity index (χ2n) is 7.37. The van der Waals surface area contributed by atoms with Crippen molar-refractivity contribution in [3.05, 3.63) is 77.0 Å². The number of carbonyl (C=O) groups excluding carboxylic acids is 2. The number of methoxy groups -OCH3 is 3. The molecule has 3 aromatic rings. The first-order valence-corrected chi connectivity index (χ1v) is 10.8. The molecule has 1 aliphatic rings. The van der Waals surface area contributed by atoms with Crippen LogP contribution in [0.15, 0.2) is 60.4 Å². The Labute approximate surface area is 202 Å². The van der Waals surface area contributed by atoms with Gasteiger partial charge in [0, 0.05) is 6.07 Å². The third-order valence-electron chi connectivity index (χ3n) is 5.27. The van der Waals surface area contributed by atoms with Crippen LogP contribution in [0, 0.1) is 0 Å². The van der Waals surface area contributed by atoms with Gasteiger partial charge in [0.15, 0.2) is 17.3 Å². The maximum atomic E-state index is 12.9. The van der Waals surface area contributed by atoms with E-state index in [9.17, 15) is 9.59 Å². The lowest BCUT2D eigenvalue weighted by atomic mass is 10.1. The van der Waals surface area contributed by atoms with Crippen LogP contribution in [-0.2, 0) is 0 Å². The zero-order valence-electron chi connectivity index (χ0n) is 19.7. The Kier molecular flexibility index (Phi) is 6.91. The standard InChI is InChI=1S/C27H24O8/c1-5-33-17-10-11-18-22(15-17)34-24(26(18)28)14-16-9-12-19(23(13-16)32-4)35-27(29)25-20(30-2)7-6-8-21(25)31-3/h6-15H,5H2,1-4H3/b24-14-. The quantitative estimate of drug-likeness (QED) is 0.256. The first-order valence-electron chi connectivity index (χ1n) is 10.8. The number of allylic oxidation sites excluding steroid dienone is 1. The van der Waals surface area contributed by atoms with Crippen LogP contribution in [0.1, 0.15) is 33.2 Å². The molecule has 3 aromatic carbocycles. The van der Waals surface area contributed by atoms with E-state index in [0.29, 0.717) is 46.5 Å². The summed E-state index contributed by atoms with van der Waals surface area (Å²) in [5.74, 6) is 1.45. The highest BCUT2D eigenvalue weighted by Crippen LogP contribution is 2.37. The van der Waals surface area contributed by atoms with Crippen molar-refractivity contribution >= 4 is 17.8 Å². The van der Waals surface area contributed by atoms with Crippen molar-refractivity contribution in [2.75, 3.05) is 27.9 Å². The summed E-state index contributed by atoms with van der Waals surface area (Å²) in [7, 11) is 4.36. The van der Waals surface area contributed by atoms with Crippen LogP contribution in [-0.4, -0.2) is 39.7 Å². The SMILES string of the molecule is CCOc1ccc2c(c1)O/C(=C\c1ccc(OC(=O)c3c(OC)cccc3OC)c(OC)c1)C2=O. The summed E-state index contributed by atoms with van der Waals surface area (Å²) in [4.78, 5) is 25.7. The minimum Gasteiger partial charge on any atom is -0.496 e. The first kappa shape index (κ1) is 23.7. The molecule has 4 rings (SSSR count). The molecule has 0 N–H and O–H groups in total. The normalized spacial score (nSPS) is 13.1. The smallest absolute Gasteiger partial charge is 0.351 e. The van der Waals surface area contributed by atoms with Gasteiger partial charge in [0.2, 0.25) is 5.78 Å². The summed E-state index contributed by atoms with van der Waals surface area (Å²) in [6.45, 7) is 2.39. The summed E-state index contributed by atoms with van der Waals surface area (Å²) in [6, 6.07) is 15.0. The molecule has 0 bridgehead atoms. The van der Waals surface area contributed by atoms with Crippen molar-refractivity contribution in [1.29, 1.82) is 0 Å². The van der Waals surface area contributed by atoms with E-state index in [1.54, 1.807) is 60.7 Å². The van der Waals surface area contributed by atoms with Crippen molar-refractivity contribution in [2.24, 2.45) is 0 Å². The number of fused-ring (bicyclic) bond motifs is 1. The van der Waals surface area contributed by atoms with Gasteiger partial charge in [-0.25, -0.2) is 4.79 Å². The molecular weight excluding hydrogens is 452 g/mol. The predicted molar refractivity (Wildman–Crippen MR) is 128 cm³/mol. The molecule has 0 unspecified atom stereocenters. The fourth-order valence-corrected chi connectivity index (χ4v) is 3.64. The molecule has 35 heavy (non-hydrogen) atoms. The van der Waals surface area contributed by atoms with Crippen LogP contribution in [0.5, 0.6) is 34.5 Å². The topological polar surface area (TPSA) is 89.5 Å². The Morgan fingerprint density at radius 3 is 2.26 bits per heavy atom. The zero-order valence-corrected chi connectivity index (χ0v) is 19.7. The Morgan fingerprint density at radius 2 is 1.60 bits per heavy atom. The number of rotatable bonds is 8. The van der Waals surface area contributed by atoms with Gasteiger partial charge in [-0.3, -0.25) is 4.79 Å². The Morgan fingerprint density at radius 1 is 0.886 bits per heavy atom. The van der Waals surface area contributed by atoms with Crippen LogP contribution < -0.4 is 28.4 Å². The number of esters is 1. The minimum absolute atomic E-state index is 0.153. The number of hydrogen-bond donors (Lipinski definition) is 0. The number of hydrogen-bond acceptors (Lipinski definition) is 8. The van der Waals surface area contributed by atoms with E-state index in [1.807, 2.05) is 6.92 Å². The summed E-state index contributed by atoms with van der Waals surface area (Å²) >= 11 is 0. The highest BCUT2D eigenvalue weighted by atomic mass is 16.6. The van der Waals surface area contributed by atoms with E-state index >= 15 is 0 Å². The maximum Gasteiger partial charge on any atom is 0.351 e. The fourth-order valence-electron chi connectivity index (χ4n) is 3.64. The molecule has 0 radical (unpaired) electrons. The van der Waals surface area contributed by atoms with Gasteiger partial charge >= 0.3 is 5.97 Å². The Balaban J connectivity index is 1.58.